The number of anilines is 1. The lowest BCUT2D eigenvalue weighted by molar-refractivity contribution is 0.479. The van der Waals surface area contributed by atoms with Crippen molar-refractivity contribution in [3.05, 3.63) is 29.3 Å². The summed E-state index contributed by atoms with van der Waals surface area (Å²) in [6, 6.07) is 0. The van der Waals surface area contributed by atoms with E-state index in [1.165, 1.54) is 0 Å². The van der Waals surface area contributed by atoms with Crippen LogP contribution in [-0.4, -0.2) is 14.8 Å². The Morgan fingerprint density at radius 1 is 1.41 bits per heavy atom. The van der Waals surface area contributed by atoms with Crippen molar-refractivity contribution in [2.24, 2.45) is 0 Å². The SMILES string of the molecule is CCCn1cc(Oc2c(N)cncc2Br)cn1. The van der Waals surface area contributed by atoms with Crippen LogP contribution < -0.4 is 10.5 Å². The van der Waals surface area contributed by atoms with Gasteiger partial charge in [0.05, 0.1) is 28.8 Å². The molecule has 0 fully saturated rings. The Kier molecular flexibility index (Phi) is 3.63. The van der Waals surface area contributed by atoms with Crippen LogP contribution in [0.25, 0.3) is 0 Å². The van der Waals surface area contributed by atoms with Crippen LogP contribution in [0, 0.1) is 0 Å². The standard InChI is InChI=1S/C11H13BrN4O/c1-2-3-16-7-8(4-15-16)17-11-9(12)5-14-6-10(11)13/h4-7H,2-3,13H2,1H3. The molecule has 0 aromatic carbocycles. The van der Waals surface area contributed by atoms with E-state index in [1.54, 1.807) is 18.6 Å². The Morgan fingerprint density at radius 3 is 2.94 bits per heavy atom. The van der Waals surface area contributed by atoms with Gasteiger partial charge in [0.25, 0.3) is 0 Å². The van der Waals surface area contributed by atoms with Gasteiger partial charge in [-0.05, 0) is 22.4 Å². The summed E-state index contributed by atoms with van der Waals surface area (Å²) in [6.45, 7) is 2.97. The van der Waals surface area contributed by atoms with E-state index in [2.05, 4.69) is 32.9 Å². The summed E-state index contributed by atoms with van der Waals surface area (Å²) in [6.07, 6.45) is 7.73. The largest absolute Gasteiger partial charge is 0.451 e. The molecule has 0 amide bonds. The van der Waals surface area contributed by atoms with Gasteiger partial charge < -0.3 is 10.5 Å². The molecule has 6 heteroatoms. The van der Waals surface area contributed by atoms with Gasteiger partial charge in [-0.1, -0.05) is 6.92 Å². The molecular formula is C11H13BrN4O. The van der Waals surface area contributed by atoms with Crippen LogP contribution in [0.15, 0.2) is 29.3 Å². The minimum Gasteiger partial charge on any atom is -0.451 e. The summed E-state index contributed by atoms with van der Waals surface area (Å²) in [5.74, 6) is 1.23. The predicted octanol–water partition coefficient (Wildman–Crippen LogP) is 2.83. The van der Waals surface area contributed by atoms with E-state index in [-0.39, 0.29) is 0 Å². The number of nitrogen functional groups attached to an aromatic ring is 1. The second kappa shape index (κ2) is 5.18. The molecule has 2 heterocycles. The zero-order valence-corrected chi connectivity index (χ0v) is 11.0. The molecule has 90 valence electrons. The molecule has 0 aliphatic carbocycles. The van der Waals surface area contributed by atoms with E-state index in [4.69, 9.17) is 10.5 Å². The molecular weight excluding hydrogens is 284 g/mol. The van der Waals surface area contributed by atoms with E-state index in [0.717, 1.165) is 17.4 Å². The van der Waals surface area contributed by atoms with Crippen LogP contribution in [0.4, 0.5) is 5.69 Å². The molecule has 17 heavy (non-hydrogen) atoms. The molecule has 0 radical (unpaired) electrons. The maximum atomic E-state index is 5.79. The number of hydrogen-bond acceptors (Lipinski definition) is 4. The number of pyridine rings is 1. The summed E-state index contributed by atoms with van der Waals surface area (Å²) in [7, 11) is 0. The topological polar surface area (TPSA) is 66.0 Å². The first-order valence-electron chi connectivity index (χ1n) is 5.30. The molecule has 2 N–H and O–H groups in total. The molecule has 0 spiro atoms. The number of ether oxygens (including phenoxy) is 1. The fourth-order valence-corrected chi connectivity index (χ4v) is 1.84. The van der Waals surface area contributed by atoms with E-state index >= 15 is 0 Å². The molecule has 0 aliphatic rings. The number of nitrogens with zero attached hydrogens (tertiary/aromatic N) is 3. The van der Waals surface area contributed by atoms with Crippen molar-refractivity contribution in [1.82, 2.24) is 14.8 Å². The highest BCUT2D eigenvalue weighted by atomic mass is 79.9. The van der Waals surface area contributed by atoms with Gasteiger partial charge in [-0.3, -0.25) is 9.67 Å². The third kappa shape index (κ3) is 2.76. The molecule has 0 saturated carbocycles. The lowest BCUT2D eigenvalue weighted by atomic mass is 10.4. The second-order valence-electron chi connectivity index (χ2n) is 3.58. The Labute approximate surface area is 108 Å². The average molecular weight is 297 g/mol. The van der Waals surface area contributed by atoms with Crippen molar-refractivity contribution in [2.75, 3.05) is 5.73 Å². The number of rotatable bonds is 4. The van der Waals surface area contributed by atoms with Crippen LogP contribution in [-0.2, 0) is 6.54 Å². The quantitative estimate of drug-likeness (QED) is 0.942. The first-order valence-corrected chi connectivity index (χ1v) is 6.09. The number of nitrogens with two attached hydrogens (primary N) is 1. The minimum atomic E-state index is 0.489. The molecule has 2 aromatic heterocycles. The highest BCUT2D eigenvalue weighted by Gasteiger charge is 2.08. The molecule has 2 aromatic rings. The first-order chi connectivity index (χ1) is 8.20. The Balaban J connectivity index is 2.19. The van der Waals surface area contributed by atoms with Gasteiger partial charge in [0, 0.05) is 12.7 Å². The van der Waals surface area contributed by atoms with Crippen LogP contribution in [0.2, 0.25) is 0 Å². The molecule has 0 atom stereocenters. The smallest absolute Gasteiger partial charge is 0.167 e. The van der Waals surface area contributed by atoms with Crippen molar-refractivity contribution in [1.29, 1.82) is 0 Å². The van der Waals surface area contributed by atoms with Crippen LogP contribution in [0.5, 0.6) is 11.5 Å². The van der Waals surface area contributed by atoms with Gasteiger partial charge in [0.2, 0.25) is 0 Å². The highest BCUT2D eigenvalue weighted by molar-refractivity contribution is 9.10. The second-order valence-corrected chi connectivity index (χ2v) is 4.44. The fraction of sp³-hybridized carbons (Fsp3) is 0.273. The molecule has 0 saturated heterocycles. The zero-order chi connectivity index (χ0) is 12.3. The van der Waals surface area contributed by atoms with E-state index in [0.29, 0.717) is 17.2 Å². The monoisotopic (exact) mass is 296 g/mol. The van der Waals surface area contributed by atoms with Crippen LogP contribution in [0.1, 0.15) is 13.3 Å². The highest BCUT2D eigenvalue weighted by Crippen LogP contribution is 2.33. The average Bonchev–Trinajstić information content (AvgIpc) is 2.72. The third-order valence-corrected chi connectivity index (χ3v) is 2.73. The third-order valence-electron chi connectivity index (χ3n) is 2.16. The molecule has 0 bridgehead atoms. The summed E-state index contributed by atoms with van der Waals surface area (Å²) in [5, 5.41) is 4.18. The maximum Gasteiger partial charge on any atom is 0.167 e. The summed E-state index contributed by atoms with van der Waals surface area (Å²) >= 11 is 3.35. The molecule has 5 nitrogen and oxygen atoms in total. The van der Waals surface area contributed by atoms with E-state index in [9.17, 15) is 0 Å². The van der Waals surface area contributed by atoms with Gasteiger partial charge in [-0.25, -0.2) is 0 Å². The first kappa shape index (κ1) is 11.9. The van der Waals surface area contributed by atoms with Crippen LogP contribution in [0.3, 0.4) is 0 Å². The lowest BCUT2D eigenvalue weighted by Gasteiger charge is -2.07. The van der Waals surface area contributed by atoms with Gasteiger partial charge in [-0.2, -0.15) is 5.10 Å². The van der Waals surface area contributed by atoms with Crippen molar-refractivity contribution < 1.29 is 4.74 Å². The van der Waals surface area contributed by atoms with Crippen molar-refractivity contribution in [3.63, 3.8) is 0 Å². The number of aromatic nitrogens is 3. The number of halogens is 1. The summed E-state index contributed by atoms with van der Waals surface area (Å²) < 4.78 is 8.23. The number of hydrogen-bond donors (Lipinski definition) is 1. The van der Waals surface area contributed by atoms with Gasteiger partial charge >= 0.3 is 0 Å². The van der Waals surface area contributed by atoms with E-state index < -0.39 is 0 Å². The maximum absolute atomic E-state index is 5.79. The van der Waals surface area contributed by atoms with Crippen molar-refractivity contribution >= 4 is 21.6 Å². The predicted molar refractivity (Wildman–Crippen MR) is 68.9 cm³/mol. The van der Waals surface area contributed by atoms with Crippen LogP contribution >= 0.6 is 15.9 Å². The summed E-state index contributed by atoms with van der Waals surface area (Å²) in [4.78, 5) is 3.95. The molecule has 0 unspecified atom stereocenters. The Morgan fingerprint density at radius 2 is 2.24 bits per heavy atom. The van der Waals surface area contributed by atoms with E-state index in [1.807, 2.05) is 10.9 Å². The Bertz CT molecular complexity index is 492. The molecule has 0 aliphatic heterocycles. The summed E-state index contributed by atoms with van der Waals surface area (Å²) in [5.41, 5.74) is 6.28. The lowest BCUT2D eigenvalue weighted by Crippen LogP contribution is -1.96. The normalized spacial score (nSPS) is 10.5. The van der Waals surface area contributed by atoms with Gasteiger partial charge in [0.1, 0.15) is 0 Å². The fourth-order valence-electron chi connectivity index (χ4n) is 1.41. The van der Waals surface area contributed by atoms with Gasteiger partial charge in [-0.15, -0.1) is 0 Å². The number of aryl methyl sites for hydroxylation is 1. The zero-order valence-electron chi connectivity index (χ0n) is 9.43. The Hall–Kier alpha value is -1.56. The molecule has 2 rings (SSSR count). The van der Waals surface area contributed by atoms with Crippen molar-refractivity contribution in [2.45, 2.75) is 19.9 Å². The van der Waals surface area contributed by atoms with Crippen molar-refractivity contribution in [3.8, 4) is 11.5 Å². The minimum absolute atomic E-state index is 0.489. The van der Waals surface area contributed by atoms with Gasteiger partial charge in [0.15, 0.2) is 11.5 Å².